The summed E-state index contributed by atoms with van der Waals surface area (Å²) in [6.07, 6.45) is 2.66. The zero-order valence-corrected chi connectivity index (χ0v) is 14.1. The second kappa shape index (κ2) is 6.02. The lowest BCUT2D eigenvalue weighted by Gasteiger charge is -2.36. The molecule has 1 spiro atoms. The van der Waals surface area contributed by atoms with Gasteiger partial charge in [0, 0.05) is 0 Å². The second-order valence-corrected chi connectivity index (χ2v) is 9.12. The molecule has 1 heterocycles. The minimum absolute atomic E-state index is 0.0186. The topological polar surface area (TPSA) is 116 Å². The Labute approximate surface area is 140 Å². The van der Waals surface area contributed by atoms with Crippen molar-refractivity contribution in [2.24, 2.45) is 5.41 Å². The van der Waals surface area contributed by atoms with Gasteiger partial charge >= 0.3 is 0 Å². The van der Waals surface area contributed by atoms with E-state index in [2.05, 4.69) is 5.32 Å². The molecular formula is C16H22N2O5S. The maximum absolute atomic E-state index is 13.2. The number of phenols is 1. The Bertz CT molecular complexity index is 725. The van der Waals surface area contributed by atoms with Crippen molar-refractivity contribution in [1.29, 1.82) is 0 Å². The van der Waals surface area contributed by atoms with Gasteiger partial charge in [-0.1, -0.05) is 0 Å². The number of amides is 1. The van der Waals surface area contributed by atoms with E-state index < -0.39 is 20.5 Å². The van der Waals surface area contributed by atoms with Gasteiger partial charge in [0.05, 0.1) is 4.90 Å². The summed E-state index contributed by atoms with van der Waals surface area (Å²) in [4.78, 5) is 12.4. The van der Waals surface area contributed by atoms with Gasteiger partial charge in [-0.3, -0.25) is 10.0 Å². The molecule has 2 aliphatic rings. The lowest BCUT2D eigenvalue weighted by molar-refractivity contribution is -0.132. The molecule has 1 aromatic rings. The number of benzene rings is 1. The number of hydroxylamine groups is 1. The molecule has 1 aromatic carbocycles. The number of piperidine rings is 1. The molecule has 1 unspecified atom stereocenters. The number of hydrogen-bond acceptors (Lipinski definition) is 6. The third kappa shape index (κ3) is 2.58. The van der Waals surface area contributed by atoms with Crippen molar-refractivity contribution in [1.82, 2.24) is 10.8 Å². The minimum atomic E-state index is -4.01. The van der Waals surface area contributed by atoms with Crippen molar-refractivity contribution < 1.29 is 23.5 Å². The van der Waals surface area contributed by atoms with Gasteiger partial charge < -0.3 is 10.4 Å². The largest absolute Gasteiger partial charge is 0.508 e. The average molecular weight is 354 g/mol. The first-order valence-electron chi connectivity index (χ1n) is 8.04. The van der Waals surface area contributed by atoms with Crippen molar-refractivity contribution in [3.05, 3.63) is 24.3 Å². The fourth-order valence-corrected chi connectivity index (χ4v) is 6.23. The lowest BCUT2D eigenvalue weighted by Crippen LogP contribution is -2.51. The molecule has 1 aliphatic heterocycles. The van der Waals surface area contributed by atoms with Gasteiger partial charge in [0.15, 0.2) is 14.6 Å². The molecule has 0 aromatic heterocycles. The highest BCUT2D eigenvalue weighted by molar-refractivity contribution is 7.93. The van der Waals surface area contributed by atoms with Crippen molar-refractivity contribution in [3.63, 3.8) is 0 Å². The van der Waals surface area contributed by atoms with Crippen molar-refractivity contribution in [3.8, 4) is 5.75 Å². The number of rotatable bonds is 3. The number of nitrogens with one attached hydrogen (secondary N) is 2. The zero-order chi connectivity index (χ0) is 17.4. The summed E-state index contributed by atoms with van der Waals surface area (Å²) < 4.78 is 24.8. The van der Waals surface area contributed by atoms with Crippen LogP contribution < -0.4 is 10.8 Å². The maximum atomic E-state index is 13.2. The third-order valence-corrected chi connectivity index (χ3v) is 8.02. The quantitative estimate of drug-likeness (QED) is 0.475. The number of sulfone groups is 1. The summed E-state index contributed by atoms with van der Waals surface area (Å²) in [5.41, 5.74) is 1.38. The summed E-state index contributed by atoms with van der Waals surface area (Å²) >= 11 is 0. The Morgan fingerprint density at radius 1 is 1.08 bits per heavy atom. The minimum Gasteiger partial charge on any atom is -0.508 e. The summed E-state index contributed by atoms with van der Waals surface area (Å²) in [6, 6.07) is 5.16. The van der Waals surface area contributed by atoms with Crippen LogP contribution in [-0.2, 0) is 14.6 Å². The van der Waals surface area contributed by atoms with Crippen LogP contribution in [0.4, 0.5) is 0 Å². The van der Waals surface area contributed by atoms with Crippen LogP contribution in [0.3, 0.4) is 0 Å². The molecule has 2 fully saturated rings. The molecule has 8 heteroatoms. The molecule has 0 bridgehead atoms. The Hall–Kier alpha value is -1.64. The van der Waals surface area contributed by atoms with Crippen molar-refractivity contribution >= 4 is 15.7 Å². The molecule has 0 radical (unpaired) electrons. The average Bonchev–Trinajstić information content (AvgIpc) is 2.96. The molecule has 4 N–H and O–H groups in total. The van der Waals surface area contributed by atoms with Crippen LogP contribution in [0.5, 0.6) is 5.75 Å². The highest BCUT2D eigenvalue weighted by Gasteiger charge is 2.60. The molecule has 1 amide bonds. The highest BCUT2D eigenvalue weighted by Crippen LogP contribution is 2.54. The van der Waals surface area contributed by atoms with Crippen LogP contribution in [0.2, 0.25) is 0 Å². The van der Waals surface area contributed by atoms with Crippen molar-refractivity contribution in [2.45, 2.75) is 41.7 Å². The SMILES string of the molecule is O=C(NO)C1(S(=O)(=O)c2ccc(O)cc2)CCC2(CCNCC2)C1. The zero-order valence-electron chi connectivity index (χ0n) is 13.3. The molecular weight excluding hydrogens is 332 g/mol. The van der Waals surface area contributed by atoms with E-state index in [0.717, 1.165) is 25.9 Å². The maximum Gasteiger partial charge on any atom is 0.265 e. The smallest absolute Gasteiger partial charge is 0.265 e. The van der Waals surface area contributed by atoms with E-state index >= 15 is 0 Å². The van der Waals surface area contributed by atoms with Gasteiger partial charge in [0.1, 0.15) is 5.75 Å². The van der Waals surface area contributed by atoms with E-state index in [9.17, 15) is 23.5 Å². The van der Waals surface area contributed by atoms with E-state index in [1.807, 2.05) is 0 Å². The predicted molar refractivity (Wildman–Crippen MR) is 86.3 cm³/mol. The molecule has 24 heavy (non-hydrogen) atoms. The number of hydrogen-bond donors (Lipinski definition) is 4. The van der Waals surface area contributed by atoms with Gasteiger partial charge in [-0.05, 0) is 74.9 Å². The van der Waals surface area contributed by atoms with Crippen LogP contribution in [0.25, 0.3) is 0 Å². The first-order chi connectivity index (χ1) is 11.4. The standard InChI is InChI=1S/C16H22N2O5S/c19-12-1-3-13(4-2-12)24(22,23)16(14(20)18-21)6-5-15(11-16)7-9-17-10-8-15/h1-4,17,19,21H,5-11H2,(H,18,20). The van der Waals surface area contributed by atoms with E-state index in [1.165, 1.54) is 24.3 Å². The number of carbonyl (C=O) groups is 1. The Morgan fingerprint density at radius 2 is 1.71 bits per heavy atom. The predicted octanol–water partition coefficient (Wildman–Crippen LogP) is 0.964. The fraction of sp³-hybridized carbons (Fsp3) is 0.562. The summed E-state index contributed by atoms with van der Waals surface area (Å²) in [7, 11) is -4.01. The van der Waals surface area contributed by atoms with Crippen LogP contribution in [0.1, 0.15) is 32.1 Å². The molecule has 1 aliphatic carbocycles. The van der Waals surface area contributed by atoms with Gasteiger partial charge in [0.2, 0.25) is 0 Å². The molecule has 1 saturated carbocycles. The second-order valence-electron chi connectivity index (χ2n) is 6.86. The lowest BCUT2D eigenvalue weighted by atomic mass is 9.77. The van der Waals surface area contributed by atoms with E-state index in [0.29, 0.717) is 6.42 Å². The first-order valence-corrected chi connectivity index (χ1v) is 9.53. The first kappa shape index (κ1) is 17.2. The number of carbonyl (C=O) groups excluding carboxylic acids is 1. The van der Waals surface area contributed by atoms with Gasteiger partial charge in [-0.25, -0.2) is 13.9 Å². The van der Waals surface area contributed by atoms with Crippen molar-refractivity contribution in [2.75, 3.05) is 13.1 Å². The van der Waals surface area contributed by atoms with E-state index in [4.69, 9.17) is 0 Å². The monoisotopic (exact) mass is 354 g/mol. The summed E-state index contributed by atoms with van der Waals surface area (Å²) in [5, 5.41) is 21.8. The number of aromatic hydroxyl groups is 1. The fourth-order valence-electron chi connectivity index (χ4n) is 4.13. The Morgan fingerprint density at radius 3 is 2.29 bits per heavy atom. The number of phenolic OH excluding ortho intramolecular Hbond substituents is 1. The Balaban J connectivity index is 2.04. The molecule has 7 nitrogen and oxygen atoms in total. The molecule has 3 rings (SSSR count). The van der Waals surface area contributed by atoms with Crippen LogP contribution in [0, 0.1) is 5.41 Å². The van der Waals surface area contributed by atoms with E-state index in [1.54, 1.807) is 5.48 Å². The normalized spacial score (nSPS) is 26.4. The molecule has 1 saturated heterocycles. The van der Waals surface area contributed by atoms with Crippen LogP contribution in [0.15, 0.2) is 29.2 Å². The van der Waals surface area contributed by atoms with Gasteiger partial charge in [-0.2, -0.15) is 0 Å². The Kier molecular flexibility index (Phi) is 4.31. The summed E-state index contributed by atoms with van der Waals surface area (Å²) in [6.45, 7) is 1.60. The molecule has 132 valence electrons. The van der Waals surface area contributed by atoms with Crippen LogP contribution >= 0.6 is 0 Å². The third-order valence-electron chi connectivity index (χ3n) is 5.56. The van der Waals surface area contributed by atoms with Gasteiger partial charge in [0.25, 0.3) is 5.91 Å². The van der Waals surface area contributed by atoms with Crippen LogP contribution in [-0.4, -0.2) is 42.5 Å². The summed E-state index contributed by atoms with van der Waals surface area (Å²) in [5.74, 6) is -0.915. The molecule has 1 atom stereocenters. The highest BCUT2D eigenvalue weighted by atomic mass is 32.2. The van der Waals surface area contributed by atoms with Gasteiger partial charge in [-0.15, -0.1) is 0 Å². The van der Waals surface area contributed by atoms with E-state index in [-0.39, 0.29) is 28.9 Å².